The Morgan fingerprint density at radius 1 is 1.25 bits per heavy atom. The average Bonchev–Trinajstić information content (AvgIpc) is 3.38. The van der Waals surface area contributed by atoms with E-state index in [1.165, 1.54) is 5.56 Å². The normalized spacial score (nSPS) is 16.3. The van der Waals surface area contributed by atoms with E-state index in [9.17, 15) is 4.79 Å². The van der Waals surface area contributed by atoms with Crippen molar-refractivity contribution in [3.8, 4) is 0 Å². The second kappa shape index (κ2) is 7.87. The molecule has 1 aliphatic rings. The molecule has 2 aromatic heterocycles. The van der Waals surface area contributed by atoms with Gasteiger partial charge >= 0.3 is 0 Å². The van der Waals surface area contributed by atoms with E-state index < -0.39 is 0 Å². The molecule has 3 heterocycles. The number of aryl methyl sites for hydroxylation is 2. The van der Waals surface area contributed by atoms with Crippen molar-refractivity contribution in [2.75, 3.05) is 13.1 Å². The Bertz CT molecular complexity index is 938. The number of nitrogens with one attached hydrogen (secondary N) is 1. The summed E-state index contributed by atoms with van der Waals surface area (Å²) < 4.78 is 0. The van der Waals surface area contributed by atoms with Gasteiger partial charge in [0, 0.05) is 29.6 Å². The summed E-state index contributed by atoms with van der Waals surface area (Å²) in [7, 11) is 0. The smallest absolute Gasteiger partial charge is 0.274 e. The highest BCUT2D eigenvalue weighted by atomic mass is 32.1. The van der Waals surface area contributed by atoms with E-state index in [1.54, 1.807) is 11.3 Å². The molecule has 0 bridgehead atoms. The lowest BCUT2D eigenvalue weighted by molar-refractivity contribution is 0.0678. The van der Waals surface area contributed by atoms with Crippen LogP contribution in [0.25, 0.3) is 0 Å². The third kappa shape index (κ3) is 3.49. The maximum atomic E-state index is 12.9. The van der Waals surface area contributed by atoms with E-state index in [0.29, 0.717) is 18.8 Å². The van der Waals surface area contributed by atoms with Crippen LogP contribution in [-0.2, 0) is 11.8 Å². The van der Waals surface area contributed by atoms with E-state index in [-0.39, 0.29) is 11.3 Å². The molecule has 146 valence electrons. The van der Waals surface area contributed by atoms with Gasteiger partial charge in [0.15, 0.2) is 0 Å². The van der Waals surface area contributed by atoms with Crippen LogP contribution in [0.1, 0.15) is 58.6 Å². The Kier molecular flexibility index (Phi) is 5.31. The highest BCUT2D eigenvalue weighted by molar-refractivity contribution is 7.09. The molecule has 1 amide bonds. The number of hydrogen-bond acceptors (Lipinski definition) is 4. The first-order valence-electron chi connectivity index (χ1n) is 9.94. The van der Waals surface area contributed by atoms with Crippen LogP contribution in [0.5, 0.6) is 0 Å². The maximum absolute atomic E-state index is 12.9. The lowest BCUT2D eigenvalue weighted by atomic mass is 9.70. The molecule has 0 atom stereocenters. The summed E-state index contributed by atoms with van der Waals surface area (Å²) in [5.41, 5.74) is 3.86. The number of likely N-dealkylation sites (tertiary alicyclic amines) is 1. The molecule has 1 aliphatic heterocycles. The van der Waals surface area contributed by atoms with Gasteiger partial charge in [-0.15, -0.1) is 11.3 Å². The molecule has 1 saturated heterocycles. The fourth-order valence-corrected chi connectivity index (χ4v) is 4.87. The largest absolute Gasteiger partial charge is 0.337 e. The quantitative estimate of drug-likeness (QED) is 0.700. The fourth-order valence-electron chi connectivity index (χ4n) is 4.16. The number of amides is 1. The third-order valence-electron chi connectivity index (χ3n) is 5.71. The van der Waals surface area contributed by atoms with Crippen LogP contribution in [0.15, 0.2) is 41.8 Å². The molecule has 6 heteroatoms. The Morgan fingerprint density at radius 3 is 2.64 bits per heavy atom. The summed E-state index contributed by atoms with van der Waals surface area (Å²) in [4.78, 5) is 19.7. The number of aromatic amines is 1. The number of rotatable bonds is 5. The fraction of sp³-hybridized carbons (Fsp3) is 0.409. The van der Waals surface area contributed by atoms with Crippen molar-refractivity contribution in [1.82, 2.24) is 20.1 Å². The predicted molar refractivity (Wildman–Crippen MR) is 112 cm³/mol. The van der Waals surface area contributed by atoms with Crippen LogP contribution in [0, 0.1) is 6.92 Å². The van der Waals surface area contributed by atoms with Crippen LogP contribution in [-0.4, -0.2) is 39.1 Å². The van der Waals surface area contributed by atoms with E-state index >= 15 is 0 Å². The number of carbonyl (C=O) groups excluding carboxylic acids is 1. The van der Waals surface area contributed by atoms with Gasteiger partial charge in [-0.25, -0.2) is 4.98 Å². The number of hydrogen-bond donors (Lipinski definition) is 1. The van der Waals surface area contributed by atoms with Crippen LogP contribution >= 0.6 is 11.3 Å². The minimum Gasteiger partial charge on any atom is -0.337 e. The maximum Gasteiger partial charge on any atom is 0.274 e. The molecule has 1 fully saturated rings. The van der Waals surface area contributed by atoms with Crippen LogP contribution in [0.4, 0.5) is 0 Å². The van der Waals surface area contributed by atoms with Crippen LogP contribution in [0.2, 0.25) is 0 Å². The monoisotopic (exact) mass is 394 g/mol. The van der Waals surface area contributed by atoms with Gasteiger partial charge in [0.1, 0.15) is 5.69 Å². The zero-order chi connectivity index (χ0) is 19.6. The first kappa shape index (κ1) is 18.9. The minimum atomic E-state index is -0.123. The van der Waals surface area contributed by atoms with Crippen molar-refractivity contribution in [3.63, 3.8) is 0 Å². The van der Waals surface area contributed by atoms with Gasteiger partial charge in [0.2, 0.25) is 0 Å². The standard InChI is InChI=1S/C22H26N4OS/c1-3-7-18-14-19(25-24-18)21(27)26-12-10-22(11-13-26,17-8-5-4-6-9-17)20-15-28-16(2)23-20/h4-6,8-9,14-15H,3,7,10-13H2,1-2H3,(H,24,25). The van der Waals surface area contributed by atoms with Crippen LogP contribution in [0.3, 0.4) is 0 Å². The minimum absolute atomic E-state index is 0.0229. The molecule has 1 N–H and O–H groups in total. The Morgan fingerprint density at radius 2 is 2.00 bits per heavy atom. The van der Waals surface area contributed by atoms with Crippen molar-refractivity contribution in [1.29, 1.82) is 0 Å². The molecule has 0 aliphatic carbocycles. The lowest BCUT2D eigenvalue weighted by Crippen LogP contribution is -2.46. The van der Waals surface area contributed by atoms with E-state index in [2.05, 4.69) is 53.7 Å². The first-order chi connectivity index (χ1) is 13.6. The SMILES string of the molecule is CCCc1cc(C(=O)N2CCC(c3ccccc3)(c3csc(C)n3)CC2)n[nH]1. The van der Waals surface area contributed by atoms with E-state index in [4.69, 9.17) is 4.98 Å². The van der Waals surface area contributed by atoms with Gasteiger partial charge in [-0.2, -0.15) is 5.10 Å². The molecule has 0 radical (unpaired) electrons. The Hall–Kier alpha value is -2.47. The molecule has 0 unspecified atom stereocenters. The van der Waals surface area contributed by atoms with Gasteiger partial charge in [-0.1, -0.05) is 43.7 Å². The van der Waals surface area contributed by atoms with Crippen molar-refractivity contribution in [3.05, 3.63) is 69.4 Å². The zero-order valence-corrected chi connectivity index (χ0v) is 17.3. The van der Waals surface area contributed by atoms with Crippen molar-refractivity contribution < 1.29 is 4.79 Å². The molecule has 3 aromatic rings. The zero-order valence-electron chi connectivity index (χ0n) is 16.4. The van der Waals surface area contributed by atoms with Crippen molar-refractivity contribution >= 4 is 17.2 Å². The number of piperidine rings is 1. The average molecular weight is 395 g/mol. The van der Waals surface area contributed by atoms with Gasteiger partial charge in [-0.3, -0.25) is 9.89 Å². The predicted octanol–water partition coefficient (Wildman–Crippen LogP) is 4.35. The third-order valence-corrected chi connectivity index (χ3v) is 6.48. The van der Waals surface area contributed by atoms with Gasteiger partial charge < -0.3 is 4.90 Å². The van der Waals surface area contributed by atoms with Crippen molar-refractivity contribution in [2.24, 2.45) is 0 Å². The van der Waals surface area contributed by atoms with E-state index in [1.807, 2.05) is 17.0 Å². The molecule has 4 rings (SSSR count). The number of thiazole rings is 1. The summed E-state index contributed by atoms with van der Waals surface area (Å²) in [6, 6.07) is 12.5. The molecule has 1 aromatic carbocycles. The molecular weight excluding hydrogens is 368 g/mol. The first-order valence-corrected chi connectivity index (χ1v) is 10.8. The second-order valence-corrected chi connectivity index (χ2v) is 8.58. The summed E-state index contributed by atoms with van der Waals surface area (Å²) in [6.07, 6.45) is 3.70. The number of carbonyl (C=O) groups is 1. The Labute approximate surface area is 169 Å². The highest BCUT2D eigenvalue weighted by Gasteiger charge is 2.41. The Balaban J connectivity index is 1.56. The lowest BCUT2D eigenvalue weighted by Gasteiger charge is -2.41. The highest BCUT2D eigenvalue weighted by Crippen LogP contribution is 2.42. The molecule has 0 saturated carbocycles. The molecular formula is C22H26N4OS. The van der Waals surface area contributed by atoms with Gasteiger partial charge in [0.25, 0.3) is 5.91 Å². The summed E-state index contributed by atoms with van der Waals surface area (Å²) in [6.45, 7) is 5.59. The number of benzene rings is 1. The topological polar surface area (TPSA) is 61.9 Å². The van der Waals surface area contributed by atoms with Gasteiger partial charge in [0.05, 0.1) is 10.7 Å². The van der Waals surface area contributed by atoms with Crippen molar-refractivity contribution in [2.45, 2.75) is 44.9 Å². The number of aromatic nitrogens is 3. The number of H-pyrrole nitrogens is 1. The summed E-state index contributed by atoms with van der Waals surface area (Å²) in [5, 5.41) is 10.5. The summed E-state index contributed by atoms with van der Waals surface area (Å²) in [5.74, 6) is 0.0229. The molecule has 28 heavy (non-hydrogen) atoms. The molecule has 5 nitrogen and oxygen atoms in total. The second-order valence-electron chi connectivity index (χ2n) is 7.52. The van der Waals surface area contributed by atoms with E-state index in [0.717, 1.165) is 42.1 Å². The van der Waals surface area contributed by atoms with Crippen LogP contribution < -0.4 is 0 Å². The number of nitrogens with zero attached hydrogens (tertiary/aromatic N) is 3. The van der Waals surface area contributed by atoms with Gasteiger partial charge in [-0.05, 0) is 37.8 Å². The summed E-state index contributed by atoms with van der Waals surface area (Å²) >= 11 is 1.70. The molecule has 0 spiro atoms.